The second-order valence-electron chi connectivity index (χ2n) is 5.68. The van der Waals surface area contributed by atoms with Crippen LogP contribution in [0.5, 0.6) is 5.75 Å². The van der Waals surface area contributed by atoms with Gasteiger partial charge in [0, 0.05) is 42.6 Å². The van der Waals surface area contributed by atoms with Gasteiger partial charge in [0.05, 0.1) is 19.6 Å². The quantitative estimate of drug-likeness (QED) is 0.795. The molecule has 0 N–H and O–H groups in total. The predicted octanol–water partition coefficient (Wildman–Crippen LogP) is 2.77. The first-order chi connectivity index (χ1) is 11.2. The third kappa shape index (κ3) is 4.36. The normalized spacial score (nSPS) is 15.3. The Kier molecular flexibility index (Phi) is 4.98. The SMILES string of the molecule is Cc1cc(OC2CCOCC2)cc(C(=O)Cc2ccccn2)n1. The summed E-state index contributed by atoms with van der Waals surface area (Å²) >= 11 is 0. The molecular formula is C18H20N2O3. The number of hydrogen-bond donors (Lipinski definition) is 0. The van der Waals surface area contributed by atoms with Gasteiger partial charge in [0.15, 0.2) is 5.78 Å². The van der Waals surface area contributed by atoms with Crippen molar-refractivity contribution in [2.24, 2.45) is 0 Å². The highest BCUT2D eigenvalue weighted by Gasteiger charge is 2.17. The van der Waals surface area contributed by atoms with Gasteiger partial charge in [0.25, 0.3) is 0 Å². The molecule has 0 spiro atoms. The topological polar surface area (TPSA) is 61.3 Å². The van der Waals surface area contributed by atoms with Crippen molar-refractivity contribution in [3.63, 3.8) is 0 Å². The molecule has 23 heavy (non-hydrogen) atoms. The highest BCUT2D eigenvalue weighted by Crippen LogP contribution is 2.20. The number of pyridine rings is 2. The number of carbonyl (C=O) groups excluding carboxylic acids is 1. The van der Waals surface area contributed by atoms with Crippen LogP contribution >= 0.6 is 0 Å². The van der Waals surface area contributed by atoms with Gasteiger partial charge < -0.3 is 9.47 Å². The summed E-state index contributed by atoms with van der Waals surface area (Å²) in [4.78, 5) is 21.0. The zero-order valence-electron chi connectivity index (χ0n) is 13.2. The van der Waals surface area contributed by atoms with Crippen molar-refractivity contribution in [1.29, 1.82) is 0 Å². The van der Waals surface area contributed by atoms with Crippen LogP contribution in [0.1, 0.15) is 34.7 Å². The van der Waals surface area contributed by atoms with E-state index in [4.69, 9.17) is 9.47 Å². The summed E-state index contributed by atoms with van der Waals surface area (Å²) in [5.41, 5.74) is 1.95. The van der Waals surface area contributed by atoms with E-state index in [2.05, 4.69) is 9.97 Å². The monoisotopic (exact) mass is 312 g/mol. The Hall–Kier alpha value is -2.27. The smallest absolute Gasteiger partial charge is 0.187 e. The van der Waals surface area contributed by atoms with E-state index in [0.717, 1.165) is 37.4 Å². The second kappa shape index (κ2) is 7.33. The molecule has 5 heteroatoms. The molecule has 3 heterocycles. The van der Waals surface area contributed by atoms with Crippen molar-refractivity contribution >= 4 is 5.78 Å². The van der Waals surface area contributed by atoms with Gasteiger partial charge in [0.1, 0.15) is 17.5 Å². The van der Waals surface area contributed by atoms with Gasteiger partial charge in [-0.25, -0.2) is 4.98 Å². The maximum atomic E-state index is 12.4. The summed E-state index contributed by atoms with van der Waals surface area (Å²) < 4.78 is 11.3. The van der Waals surface area contributed by atoms with Gasteiger partial charge in [-0.15, -0.1) is 0 Å². The van der Waals surface area contributed by atoms with Crippen molar-refractivity contribution in [3.05, 3.63) is 53.6 Å². The number of ether oxygens (including phenoxy) is 2. The van der Waals surface area contributed by atoms with E-state index in [1.54, 1.807) is 12.3 Å². The third-order valence-corrected chi connectivity index (χ3v) is 3.75. The lowest BCUT2D eigenvalue weighted by Gasteiger charge is -2.23. The van der Waals surface area contributed by atoms with E-state index in [-0.39, 0.29) is 18.3 Å². The Morgan fingerprint density at radius 3 is 2.87 bits per heavy atom. The number of aromatic nitrogens is 2. The molecule has 120 valence electrons. The molecule has 1 aliphatic heterocycles. The van der Waals surface area contributed by atoms with Crippen molar-refractivity contribution in [1.82, 2.24) is 9.97 Å². The van der Waals surface area contributed by atoms with Crippen molar-refractivity contribution in [3.8, 4) is 5.75 Å². The number of ketones is 1. The number of aryl methyl sites for hydroxylation is 1. The zero-order valence-corrected chi connectivity index (χ0v) is 13.2. The number of nitrogens with zero attached hydrogens (tertiary/aromatic N) is 2. The van der Waals surface area contributed by atoms with Crippen LogP contribution in [0.15, 0.2) is 36.5 Å². The average Bonchev–Trinajstić information content (AvgIpc) is 2.56. The first-order valence-electron chi connectivity index (χ1n) is 7.87. The van der Waals surface area contributed by atoms with Crippen LogP contribution in [0.3, 0.4) is 0 Å². The van der Waals surface area contributed by atoms with Crippen LogP contribution in [-0.4, -0.2) is 35.1 Å². The van der Waals surface area contributed by atoms with Gasteiger partial charge in [-0.3, -0.25) is 9.78 Å². The highest BCUT2D eigenvalue weighted by atomic mass is 16.5. The molecule has 0 saturated carbocycles. The first kappa shape index (κ1) is 15.6. The van der Waals surface area contributed by atoms with Gasteiger partial charge >= 0.3 is 0 Å². The molecule has 2 aromatic heterocycles. The number of carbonyl (C=O) groups is 1. The average molecular weight is 312 g/mol. The molecule has 0 bridgehead atoms. The van der Waals surface area contributed by atoms with Crippen LogP contribution in [0.2, 0.25) is 0 Å². The fraction of sp³-hybridized carbons (Fsp3) is 0.389. The Bertz CT molecular complexity index is 667. The first-order valence-corrected chi connectivity index (χ1v) is 7.87. The lowest BCUT2D eigenvalue weighted by molar-refractivity contribution is 0.0254. The second-order valence-corrected chi connectivity index (χ2v) is 5.68. The lowest BCUT2D eigenvalue weighted by atomic mass is 10.1. The summed E-state index contributed by atoms with van der Waals surface area (Å²) in [5.74, 6) is 0.651. The molecule has 0 radical (unpaired) electrons. The van der Waals surface area contributed by atoms with Crippen molar-refractivity contribution < 1.29 is 14.3 Å². The summed E-state index contributed by atoms with van der Waals surface area (Å²) in [5, 5.41) is 0. The lowest BCUT2D eigenvalue weighted by Crippen LogP contribution is -2.26. The number of hydrogen-bond acceptors (Lipinski definition) is 5. The largest absolute Gasteiger partial charge is 0.490 e. The predicted molar refractivity (Wildman–Crippen MR) is 85.7 cm³/mol. The third-order valence-electron chi connectivity index (χ3n) is 3.75. The van der Waals surface area contributed by atoms with E-state index in [0.29, 0.717) is 11.4 Å². The van der Waals surface area contributed by atoms with Crippen molar-refractivity contribution in [2.45, 2.75) is 32.3 Å². The molecule has 2 aromatic rings. The van der Waals surface area contributed by atoms with E-state index in [9.17, 15) is 4.79 Å². The van der Waals surface area contributed by atoms with Crippen LogP contribution < -0.4 is 4.74 Å². The maximum Gasteiger partial charge on any atom is 0.187 e. The summed E-state index contributed by atoms with van der Waals surface area (Å²) in [6, 6.07) is 9.14. The Morgan fingerprint density at radius 2 is 2.13 bits per heavy atom. The zero-order chi connectivity index (χ0) is 16.1. The molecule has 1 saturated heterocycles. The Balaban J connectivity index is 1.72. The van der Waals surface area contributed by atoms with Gasteiger partial charge in [-0.2, -0.15) is 0 Å². The van der Waals surface area contributed by atoms with Crippen LogP contribution in [0, 0.1) is 6.92 Å². The molecule has 1 aliphatic rings. The van der Waals surface area contributed by atoms with Gasteiger partial charge in [-0.1, -0.05) is 6.07 Å². The van der Waals surface area contributed by atoms with Gasteiger partial charge in [-0.05, 0) is 19.1 Å². The summed E-state index contributed by atoms with van der Waals surface area (Å²) in [6.07, 6.45) is 3.82. The highest BCUT2D eigenvalue weighted by molar-refractivity contribution is 5.95. The molecule has 5 nitrogen and oxygen atoms in total. The Labute approximate surface area is 135 Å². The molecule has 1 fully saturated rings. The van der Waals surface area contributed by atoms with E-state index in [1.807, 2.05) is 31.2 Å². The summed E-state index contributed by atoms with van der Waals surface area (Å²) in [7, 11) is 0. The molecular weight excluding hydrogens is 292 g/mol. The van der Waals surface area contributed by atoms with Crippen LogP contribution in [0.25, 0.3) is 0 Å². The molecule has 0 aromatic carbocycles. The van der Waals surface area contributed by atoms with E-state index < -0.39 is 0 Å². The van der Waals surface area contributed by atoms with E-state index in [1.165, 1.54) is 0 Å². The molecule has 0 atom stereocenters. The minimum Gasteiger partial charge on any atom is -0.490 e. The molecule has 0 amide bonds. The number of Topliss-reactive ketones (excluding diaryl/α,β-unsaturated/α-hetero) is 1. The Morgan fingerprint density at radius 1 is 1.30 bits per heavy atom. The fourth-order valence-electron chi connectivity index (χ4n) is 2.59. The van der Waals surface area contributed by atoms with Crippen LogP contribution in [-0.2, 0) is 11.2 Å². The van der Waals surface area contributed by atoms with Gasteiger partial charge in [0.2, 0.25) is 0 Å². The maximum absolute atomic E-state index is 12.4. The minimum atomic E-state index is -0.0516. The minimum absolute atomic E-state index is 0.0516. The fourth-order valence-corrected chi connectivity index (χ4v) is 2.59. The molecule has 3 rings (SSSR count). The molecule has 0 unspecified atom stereocenters. The molecule has 0 aliphatic carbocycles. The van der Waals surface area contributed by atoms with Crippen molar-refractivity contribution in [2.75, 3.05) is 13.2 Å². The number of rotatable bonds is 5. The van der Waals surface area contributed by atoms with E-state index >= 15 is 0 Å². The summed E-state index contributed by atoms with van der Waals surface area (Å²) in [6.45, 7) is 3.31. The van der Waals surface area contributed by atoms with Crippen LogP contribution in [0.4, 0.5) is 0 Å². The standard InChI is InChI=1S/C18H20N2O3/c1-13-10-16(23-15-5-8-22-9-6-15)12-17(20-13)18(21)11-14-4-2-3-7-19-14/h2-4,7,10,12,15H,5-6,8-9,11H2,1H3.